The topological polar surface area (TPSA) is 50.7 Å². The van der Waals surface area contributed by atoms with Gasteiger partial charge in [-0.3, -0.25) is 4.79 Å². The highest BCUT2D eigenvalue weighted by atomic mass is 16.5. The Morgan fingerprint density at radius 1 is 1.12 bits per heavy atom. The van der Waals surface area contributed by atoms with Crippen LogP contribution >= 0.6 is 0 Å². The molecule has 0 bridgehead atoms. The van der Waals surface area contributed by atoms with Crippen LogP contribution < -0.4 is 10.2 Å². The van der Waals surface area contributed by atoms with E-state index in [1.165, 1.54) is 24.0 Å². The van der Waals surface area contributed by atoms with Crippen molar-refractivity contribution >= 4 is 12.1 Å². The molecular weight excluding hydrogens is 300 g/mol. The van der Waals surface area contributed by atoms with Crippen molar-refractivity contribution in [2.75, 3.05) is 6.61 Å². The molecule has 0 aliphatic carbocycles. The summed E-state index contributed by atoms with van der Waals surface area (Å²) >= 11 is 0. The first-order valence-electron chi connectivity index (χ1n) is 8.27. The first-order chi connectivity index (χ1) is 11.7. The van der Waals surface area contributed by atoms with Gasteiger partial charge in [0.1, 0.15) is 5.75 Å². The monoisotopic (exact) mass is 324 g/mol. The van der Waals surface area contributed by atoms with Gasteiger partial charge >= 0.3 is 0 Å². The minimum Gasteiger partial charge on any atom is -0.484 e. The molecular formula is C20H24N2O2. The number of hydrazone groups is 1. The second-order valence-electron chi connectivity index (χ2n) is 5.74. The van der Waals surface area contributed by atoms with Crippen LogP contribution in [0.4, 0.5) is 0 Å². The summed E-state index contributed by atoms with van der Waals surface area (Å²) in [4.78, 5) is 11.7. The van der Waals surface area contributed by atoms with Gasteiger partial charge in [-0.1, -0.05) is 55.3 Å². The smallest absolute Gasteiger partial charge is 0.277 e. The Morgan fingerprint density at radius 2 is 1.83 bits per heavy atom. The average Bonchev–Trinajstić information content (AvgIpc) is 2.61. The predicted octanol–water partition coefficient (Wildman–Crippen LogP) is 3.87. The number of hydrogen-bond donors (Lipinski definition) is 1. The highest BCUT2D eigenvalue weighted by Gasteiger charge is 2.01. The third-order valence-electron chi connectivity index (χ3n) is 3.59. The van der Waals surface area contributed by atoms with E-state index < -0.39 is 0 Å². The lowest BCUT2D eigenvalue weighted by molar-refractivity contribution is -0.123. The first kappa shape index (κ1) is 17.7. The number of nitrogens with zero attached hydrogens (tertiary/aromatic N) is 1. The number of unbranched alkanes of at least 4 members (excludes halogenated alkanes) is 1. The second kappa shape index (κ2) is 9.50. The molecule has 0 atom stereocenters. The fourth-order valence-corrected chi connectivity index (χ4v) is 2.15. The number of rotatable bonds is 8. The molecule has 0 aliphatic rings. The van der Waals surface area contributed by atoms with Crippen molar-refractivity contribution in [3.05, 3.63) is 65.2 Å². The Kier molecular flexibility index (Phi) is 7.02. The summed E-state index contributed by atoms with van der Waals surface area (Å²) in [6.45, 7) is 4.15. The van der Waals surface area contributed by atoms with E-state index in [1.54, 1.807) is 6.21 Å². The predicted molar refractivity (Wildman–Crippen MR) is 97.5 cm³/mol. The van der Waals surface area contributed by atoms with Crippen molar-refractivity contribution in [1.82, 2.24) is 5.43 Å². The van der Waals surface area contributed by atoms with Gasteiger partial charge in [0.25, 0.3) is 5.91 Å². The molecule has 0 aromatic heterocycles. The Morgan fingerprint density at radius 3 is 2.50 bits per heavy atom. The van der Waals surface area contributed by atoms with Crippen LogP contribution in [0.3, 0.4) is 0 Å². The maximum atomic E-state index is 11.7. The van der Waals surface area contributed by atoms with Crippen LogP contribution in [0.5, 0.6) is 5.75 Å². The zero-order valence-electron chi connectivity index (χ0n) is 14.3. The minimum absolute atomic E-state index is 0.0560. The SMILES string of the molecule is CCCCc1ccc(OCC(=O)N/N=C\c2ccc(C)cc2)cc1. The number of nitrogens with one attached hydrogen (secondary N) is 1. The molecule has 1 amide bonds. The van der Waals surface area contributed by atoms with E-state index in [0.717, 1.165) is 12.0 Å². The molecule has 2 rings (SSSR count). The lowest BCUT2D eigenvalue weighted by atomic mass is 10.1. The molecule has 1 N–H and O–H groups in total. The lowest BCUT2D eigenvalue weighted by Gasteiger charge is -2.06. The van der Waals surface area contributed by atoms with Gasteiger partial charge in [0.2, 0.25) is 0 Å². The molecule has 0 saturated heterocycles. The third-order valence-corrected chi connectivity index (χ3v) is 3.59. The van der Waals surface area contributed by atoms with Gasteiger partial charge in [0.05, 0.1) is 6.21 Å². The first-order valence-corrected chi connectivity index (χ1v) is 8.27. The van der Waals surface area contributed by atoms with Crippen molar-refractivity contribution in [2.45, 2.75) is 33.1 Å². The molecule has 0 radical (unpaired) electrons. The van der Waals surface area contributed by atoms with Crippen molar-refractivity contribution in [2.24, 2.45) is 5.10 Å². The summed E-state index contributed by atoms with van der Waals surface area (Å²) in [5.74, 6) is 0.404. The van der Waals surface area contributed by atoms with Crippen LogP contribution in [0, 0.1) is 6.92 Å². The molecule has 0 unspecified atom stereocenters. The van der Waals surface area contributed by atoms with Crippen LogP contribution in [0.2, 0.25) is 0 Å². The number of carbonyl (C=O) groups excluding carboxylic acids is 1. The van der Waals surface area contributed by atoms with Gasteiger partial charge in [-0.25, -0.2) is 5.43 Å². The minimum atomic E-state index is -0.284. The zero-order valence-corrected chi connectivity index (χ0v) is 14.3. The summed E-state index contributed by atoms with van der Waals surface area (Å²) in [6, 6.07) is 15.8. The Labute approximate surface area is 143 Å². The summed E-state index contributed by atoms with van der Waals surface area (Å²) in [5.41, 5.74) is 5.87. The molecule has 126 valence electrons. The van der Waals surface area contributed by atoms with Crippen LogP contribution in [-0.4, -0.2) is 18.7 Å². The Hall–Kier alpha value is -2.62. The van der Waals surface area contributed by atoms with Crippen molar-refractivity contribution in [1.29, 1.82) is 0 Å². The highest BCUT2D eigenvalue weighted by Crippen LogP contribution is 2.13. The Balaban J connectivity index is 1.73. The molecule has 0 aliphatic heterocycles. The average molecular weight is 324 g/mol. The molecule has 0 spiro atoms. The van der Waals surface area contributed by atoms with Crippen LogP contribution in [0.25, 0.3) is 0 Å². The summed E-state index contributed by atoms with van der Waals surface area (Å²) in [6.07, 6.45) is 5.05. The van der Waals surface area contributed by atoms with Crippen molar-refractivity contribution < 1.29 is 9.53 Å². The zero-order chi connectivity index (χ0) is 17.2. The van der Waals surface area contributed by atoms with E-state index in [1.807, 2.05) is 55.5 Å². The summed E-state index contributed by atoms with van der Waals surface area (Å²) < 4.78 is 5.46. The Bertz CT molecular complexity index is 661. The second-order valence-corrected chi connectivity index (χ2v) is 5.74. The number of carbonyl (C=O) groups is 1. The summed E-state index contributed by atoms with van der Waals surface area (Å²) in [7, 11) is 0. The van der Waals surface area contributed by atoms with Crippen LogP contribution in [0.15, 0.2) is 53.6 Å². The number of ether oxygens (including phenoxy) is 1. The van der Waals surface area contributed by atoms with E-state index in [4.69, 9.17) is 4.74 Å². The van der Waals surface area contributed by atoms with E-state index in [2.05, 4.69) is 17.5 Å². The standard InChI is InChI=1S/C20H24N2O2/c1-3-4-5-17-10-12-19(13-11-17)24-15-20(23)22-21-14-18-8-6-16(2)7-9-18/h6-14H,3-5,15H2,1-2H3,(H,22,23)/b21-14-. The van der Waals surface area contributed by atoms with E-state index >= 15 is 0 Å². The number of aryl methyl sites for hydroxylation is 2. The molecule has 0 saturated carbocycles. The largest absolute Gasteiger partial charge is 0.484 e. The number of amides is 1. The van der Waals surface area contributed by atoms with E-state index in [9.17, 15) is 4.79 Å². The molecule has 24 heavy (non-hydrogen) atoms. The van der Waals surface area contributed by atoms with Crippen molar-refractivity contribution in [3.8, 4) is 5.75 Å². The van der Waals surface area contributed by atoms with Crippen molar-refractivity contribution in [3.63, 3.8) is 0 Å². The fourth-order valence-electron chi connectivity index (χ4n) is 2.15. The summed E-state index contributed by atoms with van der Waals surface area (Å²) in [5, 5.41) is 3.93. The number of benzene rings is 2. The molecule has 4 heteroatoms. The fraction of sp³-hybridized carbons (Fsp3) is 0.300. The van der Waals surface area contributed by atoms with Crippen LogP contribution in [0.1, 0.15) is 36.5 Å². The third kappa shape index (κ3) is 6.24. The van der Waals surface area contributed by atoms with Gasteiger partial charge in [-0.05, 0) is 43.0 Å². The van der Waals surface area contributed by atoms with Gasteiger partial charge in [0.15, 0.2) is 6.61 Å². The quantitative estimate of drug-likeness (QED) is 0.592. The molecule has 0 fully saturated rings. The molecule has 0 heterocycles. The highest BCUT2D eigenvalue weighted by molar-refractivity contribution is 5.82. The number of hydrogen-bond acceptors (Lipinski definition) is 3. The molecule has 2 aromatic carbocycles. The van der Waals surface area contributed by atoms with Crippen LogP contribution in [-0.2, 0) is 11.2 Å². The lowest BCUT2D eigenvalue weighted by Crippen LogP contribution is -2.24. The molecule has 2 aromatic rings. The maximum absolute atomic E-state index is 11.7. The van der Waals surface area contributed by atoms with Gasteiger partial charge in [0, 0.05) is 0 Å². The van der Waals surface area contributed by atoms with E-state index in [-0.39, 0.29) is 12.5 Å². The van der Waals surface area contributed by atoms with E-state index in [0.29, 0.717) is 5.75 Å². The normalized spacial score (nSPS) is 10.8. The van der Waals surface area contributed by atoms with Gasteiger partial charge < -0.3 is 4.74 Å². The van der Waals surface area contributed by atoms with Gasteiger partial charge in [-0.2, -0.15) is 5.10 Å². The van der Waals surface area contributed by atoms with Gasteiger partial charge in [-0.15, -0.1) is 0 Å². The maximum Gasteiger partial charge on any atom is 0.277 e. The molecule has 4 nitrogen and oxygen atoms in total.